The molecule has 0 radical (unpaired) electrons. The molecule has 0 aliphatic heterocycles. The number of aromatic nitrogens is 1. The summed E-state index contributed by atoms with van der Waals surface area (Å²) in [6.45, 7) is 1.99. The van der Waals surface area contributed by atoms with Crippen molar-refractivity contribution in [3.8, 4) is 11.5 Å². The van der Waals surface area contributed by atoms with Crippen LogP contribution in [0.25, 0.3) is 22.6 Å². The van der Waals surface area contributed by atoms with Gasteiger partial charge in [-0.3, -0.25) is 0 Å². The number of nitrogens with two attached hydrogens (primary N) is 1. The Hall–Kier alpha value is -2.00. The summed E-state index contributed by atoms with van der Waals surface area (Å²) in [7, 11) is 0. The number of fused-ring (bicyclic) bond motifs is 1. The average Bonchev–Trinajstić information content (AvgIpc) is 2.78. The van der Waals surface area contributed by atoms with Gasteiger partial charge in [-0.05, 0) is 36.8 Å². The van der Waals surface area contributed by atoms with Crippen molar-refractivity contribution in [1.29, 1.82) is 0 Å². The van der Waals surface area contributed by atoms with Gasteiger partial charge in [0.15, 0.2) is 5.58 Å². The number of halogens is 1. The predicted octanol–water partition coefficient (Wildman–Crippen LogP) is 4.04. The van der Waals surface area contributed by atoms with E-state index in [2.05, 4.69) is 4.98 Å². The van der Waals surface area contributed by atoms with E-state index in [9.17, 15) is 0 Å². The molecule has 1 heterocycles. The van der Waals surface area contributed by atoms with Gasteiger partial charge in [0.25, 0.3) is 0 Å². The van der Waals surface area contributed by atoms with Gasteiger partial charge < -0.3 is 10.2 Å². The Bertz CT molecular complexity index is 734. The van der Waals surface area contributed by atoms with E-state index < -0.39 is 0 Å². The van der Waals surface area contributed by atoms with E-state index >= 15 is 0 Å². The molecule has 0 spiro atoms. The average molecular weight is 259 g/mol. The van der Waals surface area contributed by atoms with Gasteiger partial charge in [0.1, 0.15) is 5.52 Å². The number of para-hydroxylation sites is 1. The Kier molecular flexibility index (Phi) is 2.49. The number of aryl methyl sites for hydroxylation is 1. The Morgan fingerprint density at radius 2 is 2.06 bits per heavy atom. The molecular formula is C14H11ClN2O. The summed E-state index contributed by atoms with van der Waals surface area (Å²) in [4.78, 5) is 4.45. The van der Waals surface area contributed by atoms with Crippen molar-refractivity contribution >= 4 is 28.4 Å². The van der Waals surface area contributed by atoms with Gasteiger partial charge in [-0.2, -0.15) is 0 Å². The summed E-state index contributed by atoms with van der Waals surface area (Å²) in [6, 6.07) is 11.2. The van der Waals surface area contributed by atoms with Crippen LogP contribution < -0.4 is 5.73 Å². The van der Waals surface area contributed by atoms with Crippen LogP contribution in [0.1, 0.15) is 5.56 Å². The molecule has 0 aliphatic carbocycles. The monoisotopic (exact) mass is 258 g/mol. The Morgan fingerprint density at radius 1 is 1.22 bits per heavy atom. The molecule has 90 valence electrons. The number of rotatable bonds is 1. The fourth-order valence-electron chi connectivity index (χ4n) is 1.89. The first-order valence-corrected chi connectivity index (χ1v) is 5.94. The van der Waals surface area contributed by atoms with E-state index in [1.54, 1.807) is 12.1 Å². The Labute approximate surface area is 109 Å². The second kappa shape index (κ2) is 4.03. The van der Waals surface area contributed by atoms with E-state index in [-0.39, 0.29) is 0 Å². The second-order valence-electron chi connectivity index (χ2n) is 4.18. The van der Waals surface area contributed by atoms with E-state index in [0.29, 0.717) is 16.6 Å². The SMILES string of the molecule is Cc1cccc2nc(-c3ccc(Cl)c(N)c3)oc12. The number of nitrogen functional groups attached to an aromatic ring is 1. The van der Waals surface area contributed by atoms with Crippen LogP contribution in [0.2, 0.25) is 5.02 Å². The van der Waals surface area contributed by atoms with Crippen molar-refractivity contribution in [2.75, 3.05) is 5.73 Å². The second-order valence-corrected chi connectivity index (χ2v) is 4.59. The van der Waals surface area contributed by atoms with E-state index in [0.717, 1.165) is 22.2 Å². The fourth-order valence-corrected chi connectivity index (χ4v) is 2.00. The van der Waals surface area contributed by atoms with Crippen LogP contribution in [0, 0.1) is 6.92 Å². The lowest BCUT2D eigenvalue weighted by Crippen LogP contribution is -1.87. The van der Waals surface area contributed by atoms with Gasteiger partial charge in [0, 0.05) is 5.56 Å². The maximum absolute atomic E-state index is 5.90. The summed E-state index contributed by atoms with van der Waals surface area (Å²) < 4.78 is 5.77. The molecule has 3 rings (SSSR count). The number of hydrogen-bond acceptors (Lipinski definition) is 3. The molecule has 0 bridgehead atoms. The van der Waals surface area contributed by atoms with Gasteiger partial charge in [0.2, 0.25) is 5.89 Å². The van der Waals surface area contributed by atoms with Crippen LogP contribution in [-0.4, -0.2) is 4.98 Å². The fraction of sp³-hybridized carbons (Fsp3) is 0.0714. The molecule has 0 aliphatic rings. The minimum absolute atomic E-state index is 0.521. The lowest BCUT2D eigenvalue weighted by molar-refractivity contribution is 0.617. The standard InChI is InChI=1S/C14H11ClN2O/c1-8-3-2-4-12-13(8)18-14(17-12)9-5-6-10(15)11(16)7-9/h2-7H,16H2,1H3. The highest BCUT2D eigenvalue weighted by atomic mass is 35.5. The number of nitrogens with zero attached hydrogens (tertiary/aromatic N) is 1. The minimum Gasteiger partial charge on any atom is -0.436 e. The highest BCUT2D eigenvalue weighted by Gasteiger charge is 2.10. The first-order chi connectivity index (χ1) is 8.65. The molecular weight excluding hydrogens is 248 g/mol. The third-order valence-electron chi connectivity index (χ3n) is 2.85. The Morgan fingerprint density at radius 3 is 2.78 bits per heavy atom. The number of hydrogen-bond donors (Lipinski definition) is 1. The highest BCUT2D eigenvalue weighted by Crippen LogP contribution is 2.29. The van der Waals surface area contributed by atoms with Crippen LogP contribution in [0.3, 0.4) is 0 Å². The van der Waals surface area contributed by atoms with Crippen LogP contribution in [0.4, 0.5) is 5.69 Å². The normalized spacial score (nSPS) is 11.0. The third-order valence-corrected chi connectivity index (χ3v) is 3.20. The highest BCUT2D eigenvalue weighted by molar-refractivity contribution is 6.33. The molecule has 0 atom stereocenters. The molecule has 18 heavy (non-hydrogen) atoms. The summed E-state index contributed by atoms with van der Waals surface area (Å²) in [5, 5.41) is 0.533. The van der Waals surface area contributed by atoms with Gasteiger partial charge in [-0.15, -0.1) is 0 Å². The molecule has 2 N–H and O–H groups in total. The van der Waals surface area contributed by atoms with E-state index in [1.807, 2.05) is 31.2 Å². The lowest BCUT2D eigenvalue weighted by atomic mass is 10.2. The first-order valence-electron chi connectivity index (χ1n) is 5.57. The molecule has 2 aromatic carbocycles. The molecule has 0 fully saturated rings. The van der Waals surface area contributed by atoms with E-state index in [4.69, 9.17) is 21.8 Å². The van der Waals surface area contributed by atoms with Gasteiger partial charge in [-0.25, -0.2) is 4.98 Å². The van der Waals surface area contributed by atoms with Crippen LogP contribution in [0.5, 0.6) is 0 Å². The summed E-state index contributed by atoms with van der Waals surface area (Å²) in [5.74, 6) is 0.558. The van der Waals surface area contributed by atoms with E-state index in [1.165, 1.54) is 0 Å². The molecule has 1 aromatic heterocycles. The van der Waals surface area contributed by atoms with Crippen LogP contribution in [0.15, 0.2) is 40.8 Å². The topological polar surface area (TPSA) is 52.0 Å². The number of benzene rings is 2. The van der Waals surface area contributed by atoms with Crippen molar-refractivity contribution in [3.63, 3.8) is 0 Å². The summed E-state index contributed by atoms with van der Waals surface area (Å²) in [5.41, 5.74) is 9.84. The zero-order valence-corrected chi connectivity index (χ0v) is 10.5. The molecule has 0 unspecified atom stereocenters. The third kappa shape index (κ3) is 1.73. The predicted molar refractivity (Wildman–Crippen MR) is 73.6 cm³/mol. The summed E-state index contributed by atoms with van der Waals surface area (Å²) >= 11 is 5.90. The first kappa shape index (κ1) is 11.1. The largest absolute Gasteiger partial charge is 0.436 e. The quantitative estimate of drug-likeness (QED) is 0.670. The zero-order chi connectivity index (χ0) is 12.7. The molecule has 0 saturated carbocycles. The smallest absolute Gasteiger partial charge is 0.227 e. The van der Waals surface area contributed by atoms with Gasteiger partial charge >= 0.3 is 0 Å². The Balaban J connectivity index is 2.19. The molecule has 4 heteroatoms. The molecule has 3 nitrogen and oxygen atoms in total. The van der Waals surface area contributed by atoms with Crippen molar-refractivity contribution < 1.29 is 4.42 Å². The van der Waals surface area contributed by atoms with Crippen LogP contribution in [-0.2, 0) is 0 Å². The molecule has 0 amide bonds. The molecule has 3 aromatic rings. The lowest BCUT2D eigenvalue weighted by Gasteiger charge is -1.99. The maximum Gasteiger partial charge on any atom is 0.227 e. The van der Waals surface area contributed by atoms with Crippen molar-refractivity contribution in [3.05, 3.63) is 47.0 Å². The van der Waals surface area contributed by atoms with Gasteiger partial charge in [-0.1, -0.05) is 23.7 Å². The number of oxazole rings is 1. The minimum atomic E-state index is 0.521. The zero-order valence-electron chi connectivity index (χ0n) is 9.77. The molecule has 0 saturated heterocycles. The van der Waals surface area contributed by atoms with Crippen LogP contribution >= 0.6 is 11.6 Å². The van der Waals surface area contributed by atoms with Crippen molar-refractivity contribution in [2.24, 2.45) is 0 Å². The maximum atomic E-state index is 5.90. The van der Waals surface area contributed by atoms with Gasteiger partial charge in [0.05, 0.1) is 10.7 Å². The summed E-state index contributed by atoms with van der Waals surface area (Å²) in [6.07, 6.45) is 0. The van der Waals surface area contributed by atoms with Crippen molar-refractivity contribution in [2.45, 2.75) is 6.92 Å². The van der Waals surface area contributed by atoms with Crippen molar-refractivity contribution in [1.82, 2.24) is 4.98 Å². The number of anilines is 1.